The number of rotatable bonds is 8. The molecular weight excluding hydrogens is 508 g/mol. The number of amidine groups is 1. The Morgan fingerprint density at radius 2 is 1.93 bits per heavy atom. The number of carbonyl (C=O) groups excluding carboxylic acids is 1. The monoisotopic (exact) mass is 546 g/mol. The smallest absolute Gasteiger partial charge is 0.256 e. The van der Waals surface area contributed by atoms with Crippen molar-refractivity contribution in [3.8, 4) is 0 Å². The lowest BCUT2D eigenvalue weighted by Gasteiger charge is -2.34. The van der Waals surface area contributed by atoms with Crippen LogP contribution in [-0.4, -0.2) is 83.0 Å². The third-order valence-electron chi connectivity index (χ3n) is 6.80. The van der Waals surface area contributed by atoms with Crippen LogP contribution in [0.5, 0.6) is 0 Å². The summed E-state index contributed by atoms with van der Waals surface area (Å²) in [5.74, 6) is 0.662. The van der Waals surface area contributed by atoms with Crippen LogP contribution in [0.4, 0.5) is 17.5 Å². The zero-order valence-corrected chi connectivity index (χ0v) is 23.8. The van der Waals surface area contributed by atoms with E-state index in [9.17, 15) is 4.79 Å². The maximum Gasteiger partial charge on any atom is 0.256 e. The molecule has 2 aromatic heterocycles. The standard InChI is InChI=1S/C28H38N10O2/c1-18-6-7-19(26(39)35-23(30)15-22(29)28(2,3)4)14-20(18)34-25-24-21(32-17-33-25)16-31-27(36-24)38-10-8-37(9-11-38)12-13-40-5/h6-7,14-17H,8-13,29H2,1-5H3,(H2,30,35,39)(H,32,33,34). The summed E-state index contributed by atoms with van der Waals surface area (Å²) < 4.78 is 5.20. The van der Waals surface area contributed by atoms with Crippen molar-refractivity contribution < 1.29 is 9.53 Å². The van der Waals surface area contributed by atoms with Crippen LogP contribution in [0.3, 0.4) is 0 Å². The van der Waals surface area contributed by atoms with Crippen LogP contribution in [0.15, 0.2) is 42.5 Å². The van der Waals surface area contributed by atoms with Crippen LogP contribution in [-0.2, 0) is 4.74 Å². The van der Waals surface area contributed by atoms with E-state index in [0.29, 0.717) is 46.4 Å². The molecule has 212 valence electrons. The van der Waals surface area contributed by atoms with Crippen molar-refractivity contribution in [1.82, 2.24) is 30.2 Å². The summed E-state index contributed by atoms with van der Waals surface area (Å²) >= 11 is 0. The number of aromatic nitrogens is 4. The van der Waals surface area contributed by atoms with E-state index in [4.69, 9.17) is 20.9 Å². The number of methoxy groups -OCH3 is 1. The number of anilines is 3. The van der Waals surface area contributed by atoms with Gasteiger partial charge in [0.2, 0.25) is 5.95 Å². The molecule has 1 aliphatic heterocycles. The maximum absolute atomic E-state index is 12.9. The number of allylic oxidation sites excluding steroid dienone is 1. The highest BCUT2D eigenvalue weighted by Crippen LogP contribution is 2.26. The van der Waals surface area contributed by atoms with Gasteiger partial charge in [-0.05, 0) is 30.7 Å². The lowest BCUT2D eigenvalue weighted by Crippen LogP contribution is -2.47. The summed E-state index contributed by atoms with van der Waals surface area (Å²) in [5, 5.41) is 14.1. The van der Waals surface area contributed by atoms with Gasteiger partial charge in [-0.1, -0.05) is 26.8 Å². The molecule has 1 fully saturated rings. The van der Waals surface area contributed by atoms with Gasteiger partial charge in [0.05, 0.1) is 12.8 Å². The second-order valence-corrected chi connectivity index (χ2v) is 10.8. The van der Waals surface area contributed by atoms with Crippen LogP contribution >= 0.6 is 0 Å². The largest absolute Gasteiger partial charge is 0.401 e. The quantitative estimate of drug-likeness (QED) is 0.244. The Labute approximate surface area is 234 Å². The minimum Gasteiger partial charge on any atom is -0.401 e. The van der Waals surface area contributed by atoms with Gasteiger partial charge in [0, 0.05) is 62.2 Å². The minimum absolute atomic E-state index is 0.0712. The average Bonchev–Trinajstić information content (AvgIpc) is 2.92. The minimum atomic E-state index is -0.409. The van der Waals surface area contributed by atoms with Gasteiger partial charge in [-0.2, -0.15) is 0 Å². The van der Waals surface area contributed by atoms with Crippen molar-refractivity contribution in [2.45, 2.75) is 27.7 Å². The molecular formula is C28H38N10O2. The molecule has 1 saturated heterocycles. The molecule has 0 unspecified atom stereocenters. The summed E-state index contributed by atoms with van der Waals surface area (Å²) in [6.07, 6.45) is 4.64. The number of hydrogen-bond donors (Lipinski definition) is 4. The number of nitrogens with two attached hydrogens (primary N) is 1. The van der Waals surface area contributed by atoms with Gasteiger partial charge in [-0.3, -0.25) is 15.1 Å². The molecule has 1 aliphatic rings. The Hall–Kier alpha value is -4.16. The number of benzene rings is 1. The number of piperazine rings is 1. The average molecular weight is 547 g/mol. The van der Waals surface area contributed by atoms with Crippen LogP contribution in [0.1, 0.15) is 36.7 Å². The second-order valence-electron chi connectivity index (χ2n) is 10.8. The summed E-state index contributed by atoms with van der Waals surface area (Å²) in [5.41, 5.74) is 9.45. The number of carbonyl (C=O) groups is 1. The molecule has 0 aliphatic carbocycles. The van der Waals surface area contributed by atoms with Crippen molar-refractivity contribution in [3.05, 3.63) is 53.6 Å². The van der Waals surface area contributed by atoms with Crippen molar-refractivity contribution in [2.24, 2.45) is 11.1 Å². The molecule has 3 heterocycles. The normalized spacial score (nSPS) is 14.8. The Morgan fingerprint density at radius 1 is 1.18 bits per heavy atom. The fourth-order valence-corrected chi connectivity index (χ4v) is 4.11. The number of amides is 1. The topological polar surface area (TPSA) is 158 Å². The fourth-order valence-electron chi connectivity index (χ4n) is 4.11. The van der Waals surface area contributed by atoms with Crippen molar-refractivity contribution >= 4 is 40.2 Å². The molecule has 1 amide bonds. The molecule has 12 nitrogen and oxygen atoms in total. The molecule has 5 N–H and O–H groups in total. The fraction of sp³-hybridized carbons (Fsp3) is 0.429. The molecule has 0 atom stereocenters. The van der Waals surface area contributed by atoms with Gasteiger partial charge >= 0.3 is 0 Å². The zero-order valence-electron chi connectivity index (χ0n) is 23.8. The molecule has 0 spiro atoms. The SMILES string of the molecule is COCCN1CCN(c2ncc3ncnc(Nc4cc(C(=O)NC(=N)C=C(N)C(C)(C)C)ccc4C)c3n2)CC1. The first kappa shape index (κ1) is 28.8. The lowest BCUT2D eigenvalue weighted by molar-refractivity contribution is 0.0977. The highest BCUT2D eigenvalue weighted by Gasteiger charge is 2.20. The molecule has 0 bridgehead atoms. The Morgan fingerprint density at radius 3 is 2.62 bits per heavy atom. The third-order valence-corrected chi connectivity index (χ3v) is 6.80. The Bertz CT molecular complexity index is 1410. The number of ether oxygens (including phenoxy) is 1. The number of nitrogens with zero attached hydrogens (tertiary/aromatic N) is 6. The van der Waals surface area contributed by atoms with Crippen LogP contribution in [0.2, 0.25) is 0 Å². The maximum atomic E-state index is 12.9. The first-order valence-electron chi connectivity index (χ1n) is 13.2. The van der Waals surface area contributed by atoms with Gasteiger partial charge in [0.25, 0.3) is 5.91 Å². The number of nitrogens with one attached hydrogen (secondary N) is 3. The van der Waals surface area contributed by atoms with Gasteiger partial charge in [0.1, 0.15) is 23.2 Å². The van der Waals surface area contributed by atoms with Crippen molar-refractivity contribution in [1.29, 1.82) is 5.41 Å². The number of fused-ring (bicyclic) bond motifs is 1. The van der Waals surface area contributed by atoms with Crippen LogP contribution in [0, 0.1) is 17.7 Å². The van der Waals surface area contributed by atoms with E-state index in [1.54, 1.807) is 25.4 Å². The first-order valence-corrected chi connectivity index (χ1v) is 13.2. The van der Waals surface area contributed by atoms with Gasteiger partial charge in [-0.25, -0.2) is 19.9 Å². The summed E-state index contributed by atoms with van der Waals surface area (Å²) in [6.45, 7) is 12.8. The summed E-state index contributed by atoms with van der Waals surface area (Å²) in [6, 6.07) is 5.28. The van der Waals surface area contributed by atoms with Crippen LogP contribution in [0.25, 0.3) is 11.0 Å². The molecule has 0 radical (unpaired) electrons. The second kappa shape index (κ2) is 12.3. The van der Waals surface area contributed by atoms with Crippen molar-refractivity contribution in [3.63, 3.8) is 0 Å². The zero-order chi connectivity index (χ0) is 28.9. The molecule has 40 heavy (non-hydrogen) atoms. The Kier molecular flexibility index (Phi) is 8.90. The number of hydrogen-bond acceptors (Lipinski definition) is 11. The Balaban J connectivity index is 1.52. The molecule has 12 heteroatoms. The number of aryl methyl sites for hydroxylation is 1. The van der Waals surface area contributed by atoms with Gasteiger partial charge in [0.15, 0.2) is 5.82 Å². The van der Waals surface area contributed by atoms with Crippen molar-refractivity contribution in [2.75, 3.05) is 56.7 Å². The molecule has 4 rings (SSSR count). The lowest BCUT2D eigenvalue weighted by atomic mass is 9.92. The van der Waals surface area contributed by atoms with E-state index >= 15 is 0 Å². The van der Waals surface area contributed by atoms with E-state index in [1.165, 1.54) is 12.4 Å². The first-order chi connectivity index (χ1) is 19.0. The summed E-state index contributed by atoms with van der Waals surface area (Å²) in [7, 11) is 1.72. The highest BCUT2D eigenvalue weighted by molar-refractivity contribution is 6.09. The highest BCUT2D eigenvalue weighted by atomic mass is 16.5. The molecule has 1 aromatic carbocycles. The van der Waals surface area contributed by atoms with E-state index < -0.39 is 5.91 Å². The van der Waals surface area contributed by atoms with E-state index in [0.717, 1.165) is 38.3 Å². The van der Waals surface area contributed by atoms with E-state index in [-0.39, 0.29) is 11.3 Å². The predicted octanol–water partition coefficient (Wildman–Crippen LogP) is 2.84. The summed E-state index contributed by atoms with van der Waals surface area (Å²) in [4.78, 5) is 35.6. The third kappa shape index (κ3) is 7.07. The van der Waals surface area contributed by atoms with Gasteiger partial charge < -0.3 is 26.0 Å². The van der Waals surface area contributed by atoms with Crippen LogP contribution < -0.4 is 21.3 Å². The van der Waals surface area contributed by atoms with E-state index in [2.05, 4.69) is 35.4 Å². The predicted molar refractivity (Wildman–Crippen MR) is 157 cm³/mol. The van der Waals surface area contributed by atoms with E-state index in [1.807, 2.05) is 33.8 Å². The molecule has 3 aromatic rings. The molecule has 0 saturated carbocycles. The van der Waals surface area contributed by atoms with Gasteiger partial charge in [-0.15, -0.1) is 0 Å².